The maximum atomic E-state index is 9.96. The lowest BCUT2D eigenvalue weighted by atomic mass is 10.1. The van der Waals surface area contributed by atoms with Crippen molar-refractivity contribution in [2.45, 2.75) is 12.8 Å². The molecule has 0 aliphatic carbocycles. The Balaban J connectivity index is 2.45. The first-order chi connectivity index (χ1) is 4.79. The molecule has 4 heteroatoms. The van der Waals surface area contributed by atoms with Gasteiger partial charge in [0.2, 0.25) is 6.20 Å². The highest BCUT2D eigenvalue weighted by atomic mass is 16.6. The molecule has 0 N–H and O–H groups in total. The Kier molecular flexibility index (Phi) is 2.39. The molecule has 0 aromatic heterocycles. The van der Waals surface area contributed by atoms with Crippen LogP contribution in [-0.2, 0) is 4.74 Å². The summed E-state index contributed by atoms with van der Waals surface area (Å²) in [6.45, 7) is 1.25. The lowest BCUT2D eigenvalue weighted by molar-refractivity contribution is -0.403. The van der Waals surface area contributed by atoms with Gasteiger partial charge in [-0.25, -0.2) is 0 Å². The van der Waals surface area contributed by atoms with Gasteiger partial charge in [-0.15, -0.1) is 0 Å². The maximum Gasteiger partial charge on any atom is 0.233 e. The van der Waals surface area contributed by atoms with Crippen LogP contribution in [0.15, 0.2) is 11.8 Å². The molecule has 10 heavy (non-hydrogen) atoms. The Bertz CT molecular complexity index is 156. The number of rotatable bonds is 1. The lowest BCUT2D eigenvalue weighted by Crippen LogP contribution is -2.08. The first kappa shape index (κ1) is 7.21. The molecule has 1 aliphatic rings. The molecule has 1 fully saturated rings. The molecule has 0 amide bonds. The maximum absolute atomic E-state index is 9.96. The standard InChI is InChI=1S/C6H9NO3/c8-7(9)5-6-1-3-10-4-2-6/h5H,1-4H2. The van der Waals surface area contributed by atoms with Crippen LogP contribution in [0.3, 0.4) is 0 Å². The molecule has 1 heterocycles. The van der Waals surface area contributed by atoms with E-state index in [0.29, 0.717) is 26.1 Å². The predicted octanol–water partition coefficient (Wildman–Crippen LogP) is 0.957. The van der Waals surface area contributed by atoms with Gasteiger partial charge in [0.25, 0.3) is 0 Å². The minimum Gasteiger partial charge on any atom is -0.381 e. The van der Waals surface area contributed by atoms with E-state index in [1.54, 1.807) is 0 Å². The SMILES string of the molecule is O=[N+]([O-])C=C1CCOCC1. The lowest BCUT2D eigenvalue weighted by Gasteiger charge is -2.11. The van der Waals surface area contributed by atoms with E-state index in [0.717, 1.165) is 11.8 Å². The minimum atomic E-state index is -0.402. The normalized spacial score (nSPS) is 18.6. The molecule has 56 valence electrons. The van der Waals surface area contributed by atoms with Crippen molar-refractivity contribution in [2.24, 2.45) is 0 Å². The summed E-state index contributed by atoms with van der Waals surface area (Å²) in [5.41, 5.74) is 0.885. The highest BCUT2D eigenvalue weighted by Gasteiger charge is 2.07. The van der Waals surface area contributed by atoms with Gasteiger partial charge in [-0.05, 0) is 12.8 Å². The summed E-state index contributed by atoms with van der Waals surface area (Å²) in [7, 11) is 0. The average Bonchev–Trinajstić information content (AvgIpc) is 1.88. The highest BCUT2D eigenvalue weighted by molar-refractivity contribution is 4.99. The Morgan fingerprint density at radius 1 is 1.50 bits per heavy atom. The third kappa shape index (κ3) is 2.14. The number of hydrogen-bond donors (Lipinski definition) is 0. The molecule has 1 rings (SSSR count). The second-order valence-corrected chi connectivity index (χ2v) is 2.19. The van der Waals surface area contributed by atoms with Crippen LogP contribution in [0.1, 0.15) is 12.8 Å². The Labute approximate surface area is 58.6 Å². The average molecular weight is 143 g/mol. The molecule has 0 unspecified atom stereocenters. The molecule has 0 aromatic carbocycles. The molecular weight excluding hydrogens is 134 g/mol. The summed E-state index contributed by atoms with van der Waals surface area (Å²) in [6, 6.07) is 0. The third-order valence-electron chi connectivity index (χ3n) is 1.42. The second kappa shape index (κ2) is 3.31. The van der Waals surface area contributed by atoms with Crippen LogP contribution in [0.4, 0.5) is 0 Å². The first-order valence-electron chi connectivity index (χ1n) is 3.20. The number of nitro groups is 1. The van der Waals surface area contributed by atoms with Crippen molar-refractivity contribution in [1.29, 1.82) is 0 Å². The first-order valence-corrected chi connectivity index (χ1v) is 3.20. The highest BCUT2D eigenvalue weighted by Crippen LogP contribution is 2.12. The zero-order valence-electron chi connectivity index (χ0n) is 5.58. The Morgan fingerprint density at radius 3 is 2.60 bits per heavy atom. The summed E-state index contributed by atoms with van der Waals surface area (Å²) in [5.74, 6) is 0. The quantitative estimate of drug-likeness (QED) is 0.405. The monoisotopic (exact) mass is 143 g/mol. The molecule has 0 atom stereocenters. The van der Waals surface area contributed by atoms with Gasteiger partial charge in [0, 0.05) is 5.57 Å². The van der Waals surface area contributed by atoms with Gasteiger partial charge in [0.15, 0.2) is 0 Å². The molecule has 0 aromatic rings. The molecule has 0 bridgehead atoms. The predicted molar refractivity (Wildman–Crippen MR) is 35.1 cm³/mol. The molecule has 4 nitrogen and oxygen atoms in total. The zero-order chi connectivity index (χ0) is 7.40. The van der Waals surface area contributed by atoms with Crippen molar-refractivity contribution in [3.8, 4) is 0 Å². The zero-order valence-corrected chi connectivity index (χ0v) is 5.58. The topological polar surface area (TPSA) is 52.4 Å². The fourth-order valence-corrected chi connectivity index (χ4v) is 0.912. The van der Waals surface area contributed by atoms with Crippen LogP contribution >= 0.6 is 0 Å². The molecule has 0 saturated carbocycles. The van der Waals surface area contributed by atoms with Gasteiger partial charge >= 0.3 is 0 Å². The van der Waals surface area contributed by atoms with Gasteiger partial charge in [-0.1, -0.05) is 0 Å². The van der Waals surface area contributed by atoms with Crippen molar-refractivity contribution < 1.29 is 9.66 Å². The van der Waals surface area contributed by atoms with Crippen molar-refractivity contribution in [3.63, 3.8) is 0 Å². The van der Waals surface area contributed by atoms with Crippen LogP contribution in [0, 0.1) is 10.1 Å². The van der Waals surface area contributed by atoms with Crippen molar-refractivity contribution in [2.75, 3.05) is 13.2 Å². The van der Waals surface area contributed by atoms with E-state index < -0.39 is 4.92 Å². The summed E-state index contributed by atoms with van der Waals surface area (Å²) >= 11 is 0. The van der Waals surface area contributed by atoms with Crippen LogP contribution < -0.4 is 0 Å². The summed E-state index contributed by atoms with van der Waals surface area (Å²) in [4.78, 5) is 9.55. The number of ether oxygens (including phenoxy) is 1. The smallest absolute Gasteiger partial charge is 0.233 e. The fraction of sp³-hybridized carbons (Fsp3) is 0.667. The van der Waals surface area contributed by atoms with E-state index in [1.165, 1.54) is 0 Å². The summed E-state index contributed by atoms with van der Waals surface area (Å²) in [6.07, 6.45) is 2.50. The Hall–Kier alpha value is -0.900. The van der Waals surface area contributed by atoms with Crippen molar-refractivity contribution >= 4 is 0 Å². The van der Waals surface area contributed by atoms with E-state index in [1.807, 2.05) is 0 Å². The van der Waals surface area contributed by atoms with Gasteiger partial charge in [-0.2, -0.15) is 0 Å². The van der Waals surface area contributed by atoms with E-state index in [-0.39, 0.29) is 0 Å². The summed E-state index contributed by atoms with van der Waals surface area (Å²) < 4.78 is 5.02. The minimum absolute atomic E-state index is 0.402. The van der Waals surface area contributed by atoms with Crippen molar-refractivity contribution in [1.82, 2.24) is 0 Å². The number of hydrogen-bond acceptors (Lipinski definition) is 3. The molecule has 0 radical (unpaired) electrons. The van der Waals surface area contributed by atoms with Crippen LogP contribution in [0.25, 0.3) is 0 Å². The number of nitrogens with zero attached hydrogens (tertiary/aromatic N) is 1. The van der Waals surface area contributed by atoms with E-state index in [2.05, 4.69) is 0 Å². The molecular formula is C6H9NO3. The van der Waals surface area contributed by atoms with Gasteiger partial charge in [-0.3, -0.25) is 10.1 Å². The van der Waals surface area contributed by atoms with Gasteiger partial charge < -0.3 is 4.74 Å². The van der Waals surface area contributed by atoms with E-state index in [9.17, 15) is 10.1 Å². The second-order valence-electron chi connectivity index (χ2n) is 2.19. The van der Waals surface area contributed by atoms with Gasteiger partial charge in [0.1, 0.15) is 0 Å². The van der Waals surface area contributed by atoms with Gasteiger partial charge in [0.05, 0.1) is 18.1 Å². The molecule has 1 aliphatic heterocycles. The van der Waals surface area contributed by atoms with Crippen LogP contribution in [-0.4, -0.2) is 18.1 Å². The Morgan fingerprint density at radius 2 is 2.10 bits per heavy atom. The third-order valence-corrected chi connectivity index (χ3v) is 1.42. The van der Waals surface area contributed by atoms with E-state index >= 15 is 0 Å². The van der Waals surface area contributed by atoms with Crippen LogP contribution in [0.2, 0.25) is 0 Å². The largest absolute Gasteiger partial charge is 0.381 e. The van der Waals surface area contributed by atoms with Crippen molar-refractivity contribution in [3.05, 3.63) is 21.9 Å². The van der Waals surface area contributed by atoms with Crippen LogP contribution in [0.5, 0.6) is 0 Å². The van der Waals surface area contributed by atoms with E-state index in [4.69, 9.17) is 4.74 Å². The fourth-order valence-electron chi connectivity index (χ4n) is 0.912. The molecule has 1 saturated heterocycles. The summed E-state index contributed by atoms with van der Waals surface area (Å²) in [5, 5.41) is 9.96. The molecule has 0 spiro atoms.